The Morgan fingerprint density at radius 2 is 1.80 bits per heavy atom. The SMILES string of the molecule is COc1ccc2ccc(S(=O)(=O)N(Cc3ccccc3[N+](=O)[O-])[C@H]3CCN(Cc4cccc(C=NN)c4)C3=O)cc2c1.O=C(O)C(F)(F)F. The number of carbonyl (C=O) groups excluding carboxylic acids is 1. The highest BCUT2D eigenvalue weighted by atomic mass is 32.2. The molecule has 0 aliphatic carbocycles. The summed E-state index contributed by atoms with van der Waals surface area (Å²) < 4.78 is 66.6. The number of hydrazone groups is 1. The average molecular weight is 702 g/mol. The summed E-state index contributed by atoms with van der Waals surface area (Å²) in [6, 6.07) is 22.3. The van der Waals surface area contributed by atoms with Crippen LogP contribution in [0.3, 0.4) is 0 Å². The Hall–Kier alpha value is -5.55. The number of nitrogens with two attached hydrogens (primary N) is 1. The van der Waals surface area contributed by atoms with Crippen LogP contribution in [0.2, 0.25) is 0 Å². The number of para-hydroxylation sites is 1. The minimum absolute atomic E-state index is 0.0261. The summed E-state index contributed by atoms with van der Waals surface area (Å²) in [6.45, 7) is 0.232. The van der Waals surface area contributed by atoms with Crippen LogP contribution in [0.4, 0.5) is 18.9 Å². The van der Waals surface area contributed by atoms with Crippen LogP contribution >= 0.6 is 0 Å². The molecule has 0 spiro atoms. The normalized spacial score (nSPS) is 15.0. The number of aliphatic carboxylic acids is 1. The molecule has 1 heterocycles. The van der Waals surface area contributed by atoms with Gasteiger partial charge in [0.05, 0.1) is 23.1 Å². The number of carboxylic acids is 1. The fourth-order valence-corrected chi connectivity index (χ4v) is 6.83. The van der Waals surface area contributed by atoms with Gasteiger partial charge in [-0.2, -0.15) is 22.6 Å². The maximum absolute atomic E-state index is 14.3. The largest absolute Gasteiger partial charge is 0.497 e. The van der Waals surface area contributed by atoms with E-state index in [2.05, 4.69) is 5.10 Å². The van der Waals surface area contributed by atoms with E-state index in [4.69, 9.17) is 20.5 Å². The third-order valence-electron chi connectivity index (χ3n) is 7.55. The van der Waals surface area contributed by atoms with Gasteiger partial charge in [0.2, 0.25) is 15.9 Å². The number of ether oxygens (including phenoxy) is 1. The number of carbonyl (C=O) groups is 2. The van der Waals surface area contributed by atoms with Gasteiger partial charge in [-0.15, -0.1) is 0 Å². The van der Waals surface area contributed by atoms with Crippen molar-refractivity contribution in [3.05, 3.63) is 112 Å². The van der Waals surface area contributed by atoms with E-state index in [1.165, 1.54) is 43.7 Å². The zero-order valence-corrected chi connectivity index (χ0v) is 26.6. The standard InChI is InChI=1S/C30H29N5O6S.C2HF3O2/c1-41-26-11-9-23-10-12-27(17-25(23)16-26)42(39,40)34(20-24-7-2-3-8-28(24)35(37)38)29-13-14-33(30(29)36)19-22-6-4-5-21(15-22)18-32-31;3-2(4,5)1(6)7/h2-12,15-18,29H,13-14,19-20,31H2,1H3;(H,6,7)/t29-;/m0./s1. The van der Waals surface area contributed by atoms with Gasteiger partial charge in [-0.1, -0.05) is 48.5 Å². The molecule has 0 saturated carbocycles. The third kappa shape index (κ3) is 8.68. The maximum Gasteiger partial charge on any atom is 0.490 e. The molecule has 49 heavy (non-hydrogen) atoms. The van der Waals surface area contributed by atoms with E-state index >= 15 is 0 Å². The molecule has 0 unspecified atom stereocenters. The van der Waals surface area contributed by atoms with Crippen molar-refractivity contribution in [1.82, 2.24) is 9.21 Å². The predicted molar refractivity (Wildman–Crippen MR) is 172 cm³/mol. The van der Waals surface area contributed by atoms with Gasteiger partial charge in [0.1, 0.15) is 11.8 Å². The lowest BCUT2D eigenvalue weighted by atomic mass is 10.1. The number of benzene rings is 4. The molecule has 1 fully saturated rings. The molecule has 5 rings (SSSR count). The molecular weight excluding hydrogens is 671 g/mol. The minimum Gasteiger partial charge on any atom is -0.497 e. The fourth-order valence-electron chi connectivity index (χ4n) is 5.20. The van der Waals surface area contributed by atoms with Crippen LogP contribution in [-0.2, 0) is 32.7 Å². The number of hydrogen-bond donors (Lipinski definition) is 2. The second kappa shape index (κ2) is 15.1. The number of methoxy groups -OCH3 is 1. The molecule has 17 heteroatoms. The van der Waals surface area contributed by atoms with Crippen LogP contribution in [0.1, 0.15) is 23.1 Å². The Labute approximate surface area is 278 Å². The van der Waals surface area contributed by atoms with Crippen molar-refractivity contribution in [2.45, 2.75) is 36.6 Å². The van der Waals surface area contributed by atoms with Crippen molar-refractivity contribution >= 4 is 44.6 Å². The number of halogens is 3. The highest BCUT2D eigenvalue weighted by molar-refractivity contribution is 7.89. The summed E-state index contributed by atoms with van der Waals surface area (Å²) in [5, 5.41) is 23.9. The van der Waals surface area contributed by atoms with Crippen LogP contribution < -0.4 is 10.6 Å². The van der Waals surface area contributed by atoms with Gasteiger partial charge in [-0.25, -0.2) is 13.2 Å². The molecule has 1 saturated heterocycles. The molecule has 258 valence electrons. The number of nitro groups is 1. The van der Waals surface area contributed by atoms with Crippen molar-refractivity contribution in [3.8, 4) is 5.75 Å². The number of likely N-dealkylation sites (tertiary alicyclic amines) is 1. The molecule has 1 aliphatic heterocycles. The topological polar surface area (TPSA) is 186 Å². The molecule has 13 nitrogen and oxygen atoms in total. The van der Waals surface area contributed by atoms with Crippen LogP contribution in [0, 0.1) is 10.1 Å². The van der Waals surface area contributed by atoms with Gasteiger partial charge in [-0.3, -0.25) is 14.9 Å². The van der Waals surface area contributed by atoms with Crippen LogP contribution in [0.25, 0.3) is 10.8 Å². The van der Waals surface area contributed by atoms with E-state index in [-0.39, 0.29) is 41.6 Å². The summed E-state index contributed by atoms with van der Waals surface area (Å²) >= 11 is 0. The summed E-state index contributed by atoms with van der Waals surface area (Å²) in [6.07, 6.45) is -3.36. The second-order valence-electron chi connectivity index (χ2n) is 10.7. The molecule has 4 aromatic rings. The minimum atomic E-state index is -5.08. The number of sulfonamides is 1. The van der Waals surface area contributed by atoms with Gasteiger partial charge in [-0.05, 0) is 58.7 Å². The first-order valence-electron chi connectivity index (χ1n) is 14.4. The van der Waals surface area contributed by atoms with Gasteiger partial charge in [0.15, 0.2) is 0 Å². The molecule has 4 aromatic carbocycles. The monoisotopic (exact) mass is 701 g/mol. The van der Waals surface area contributed by atoms with Crippen molar-refractivity contribution in [2.75, 3.05) is 13.7 Å². The summed E-state index contributed by atoms with van der Waals surface area (Å²) in [7, 11) is -2.76. The number of nitro benzene ring substituents is 1. The highest BCUT2D eigenvalue weighted by Crippen LogP contribution is 2.32. The lowest BCUT2D eigenvalue weighted by Gasteiger charge is -2.27. The maximum atomic E-state index is 14.3. The summed E-state index contributed by atoms with van der Waals surface area (Å²) in [4.78, 5) is 35.5. The number of fused-ring (bicyclic) bond motifs is 1. The van der Waals surface area contributed by atoms with Gasteiger partial charge < -0.3 is 20.6 Å². The first-order chi connectivity index (χ1) is 23.1. The molecule has 0 bridgehead atoms. The number of nitrogens with zero attached hydrogens (tertiary/aromatic N) is 4. The Kier molecular flexibility index (Phi) is 11.2. The first kappa shape index (κ1) is 36.3. The van der Waals surface area contributed by atoms with Gasteiger partial charge in [0.25, 0.3) is 5.69 Å². The first-order valence-corrected chi connectivity index (χ1v) is 15.8. The number of rotatable bonds is 10. The average Bonchev–Trinajstić information content (AvgIpc) is 3.41. The Bertz CT molecular complexity index is 2010. The summed E-state index contributed by atoms with van der Waals surface area (Å²) in [5.41, 5.74) is 1.57. The molecule has 3 N–H and O–H groups in total. The van der Waals surface area contributed by atoms with Crippen molar-refractivity contribution < 1.29 is 45.9 Å². The smallest absolute Gasteiger partial charge is 0.490 e. The van der Waals surface area contributed by atoms with E-state index in [1.54, 1.807) is 29.2 Å². The quantitative estimate of drug-likeness (QED) is 0.103. The van der Waals surface area contributed by atoms with E-state index in [1.807, 2.05) is 30.3 Å². The van der Waals surface area contributed by atoms with Crippen LogP contribution in [0.15, 0.2) is 94.9 Å². The molecule has 1 aliphatic rings. The Morgan fingerprint density at radius 3 is 2.45 bits per heavy atom. The molecule has 0 radical (unpaired) electrons. The van der Waals surface area contributed by atoms with Crippen LogP contribution in [0.5, 0.6) is 5.75 Å². The molecular formula is C32H30F3N5O8S. The zero-order valence-electron chi connectivity index (χ0n) is 25.8. The number of carboxylic acid groups (broad SMARTS) is 1. The van der Waals surface area contributed by atoms with Crippen molar-refractivity contribution in [3.63, 3.8) is 0 Å². The van der Waals surface area contributed by atoms with Crippen molar-refractivity contribution in [2.24, 2.45) is 10.9 Å². The third-order valence-corrected chi connectivity index (χ3v) is 9.40. The molecule has 1 amide bonds. The van der Waals surface area contributed by atoms with E-state index < -0.39 is 33.1 Å². The van der Waals surface area contributed by atoms with Crippen molar-refractivity contribution in [1.29, 1.82) is 0 Å². The Morgan fingerprint density at radius 1 is 1.10 bits per heavy atom. The van der Waals surface area contributed by atoms with E-state index in [0.717, 1.165) is 20.8 Å². The zero-order chi connectivity index (χ0) is 35.9. The second-order valence-corrected chi connectivity index (χ2v) is 12.6. The number of alkyl halides is 3. The highest BCUT2D eigenvalue weighted by Gasteiger charge is 2.43. The van der Waals surface area contributed by atoms with E-state index in [0.29, 0.717) is 17.7 Å². The summed E-state index contributed by atoms with van der Waals surface area (Å²) in [5.74, 6) is 2.70. The number of hydrogen-bond acceptors (Lipinski definition) is 9. The van der Waals surface area contributed by atoms with Gasteiger partial charge in [0, 0.05) is 31.3 Å². The number of amides is 1. The van der Waals surface area contributed by atoms with Crippen LogP contribution in [-0.4, -0.2) is 71.6 Å². The fraction of sp³-hybridized carbons (Fsp3) is 0.219. The Balaban J connectivity index is 0.000000698. The van der Waals surface area contributed by atoms with Gasteiger partial charge >= 0.3 is 12.1 Å². The molecule has 1 atom stereocenters. The predicted octanol–water partition coefficient (Wildman–Crippen LogP) is 4.67. The lowest BCUT2D eigenvalue weighted by molar-refractivity contribution is -0.385. The van der Waals surface area contributed by atoms with E-state index in [9.17, 15) is 36.5 Å². The molecule has 0 aromatic heterocycles. The lowest BCUT2D eigenvalue weighted by Crippen LogP contribution is -2.44.